The van der Waals surface area contributed by atoms with Crippen molar-refractivity contribution in [1.82, 2.24) is 16.0 Å². The molecule has 0 radical (unpaired) electrons. The second-order valence-corrected chi connectivity index (χ2v) is 2.07. The van der Waals surface area contributed by atoms with Gasteiger partial charge in [-0.05, 0) is 13.8 Å². The van der Waals surface area contributed by atoms with Crippen molar-refractivity contribution in [2.75, 3.05) is 0 Å². The third-order valence-corrected chi connectivity index (χ3v) is 1.07. The summed E-state index contributed by atoms with van der Waals surface area (Å²) in [6.07, 6.45) is 3.82. The van der Waals surface area contributed by atoms with Gasteiger partial charge in [0.1, 0.15) is 0 Å². The summed E-state index contributed by atoms with van der Waals surface area (Å²) in [5, 5.41) is 1.99. The second kappa shape index (κ2) is 2.05. The lowest BCUT2D eigenvalue weighted by atomic mass is 10.4. The second-order valence-electron chi connectivity index (χ2n) is 2.07. The van der Waals surface area contributed by atoms with Gasteiger partial charge in [-0.15, -0.1) is 5.53 Å². The zero-order valence-corrected chi connectivity index (χ0v) is 5.18. The van der Waals surface area contributed by atoms with Crippen LogP contribution in [-0.2, 0) is 0 Å². The number of nitrogens with zero attached hydrogens (tertiary/aromatic N) is 1. The Kier molecular flexibility index (Phi) is 1.39. The quantitative estimate of drug-likeness (QED) is 0.508. The molecule has 0 unspecified atom stereocenters. The van der Waals surface area contributed by atoms with Crippen LogP contribution in [0.1, 0.15) is 13.8 Å². The lowest BCUT2D eigenvalue weighted by Gasteiger charge is -2.18. The molecule has 0 aromatic carbocycles. The van der Waals surface area contributed by atoms with Gasteiger partial charge in [0.25, 0.3) is 0 Å². The summed E-state index contributed by atoms with van der Waals surface area (Å²) in [5.41, 5.74) is 5.78. The summed E-state index contributed by atoms with van der Waals surface area (Å²) in [4.78, 5) is 0. The molecule has 0 aromatic heterocycles. The van der Waals surface area contributed by atoms with Crippen LogP contribution in [0.5, 0.6) is 0 Å². The van der Waals surface area contributed by atoms with Crippen LogP contribution in [0.3, 0.4) is 0 Å². The Morgan fingerprint density at radius 3 is 2.50 bits per heavy atom. The molecular formula is C5H11N3. The molecule has 0 atom stereocenters. The molecule has 8 heavy (non-hydrogen) atoms. The zero-order valence-electron chi connectivity index (χ0n) is 5.18. The van der Waals surface area contributed by atoms with Crippen LogP contribution in [-0.4, -0.2) is 11.1 Å². The van der Waals surface area contributed by atoms with Crippen LogP contribution >= 0.6 is 0 Å². The molecule has 0 saturated heterocycles. The topological polar surface area (TPSA) is 27.3 Å². The Labute approximate surface area is 49.3 Å². The molecule has 0 saturated carbocycles. The predicted octanol–water partition coefficient (Wildman–Crippen LogP) is 0.191. The molecule has 1 aliphatic heterocycles. The summed E-state index contributed by atoms with van der Waals surface area (Å²) in [5.74, 6) is 0. The minimum Gasteiger partial charge on any atom is -0.310 e. The van der Waals surface area contributed by atoms with E-state index in [-0.39, 0.29) is 0 Å². The van der Waals surface area contributed by atoms with Crippen molar-refractivity contribution in [3.8, 4) is 0 Å². The number of hydrogen-bond donors (Lipinski definition) is 2. The van der Waals surface area contributed by atoms with Crippen LogP contribution in [0.2, 0.25) is 0 Å². The van der Waals surface area contributed by atoms with E-state index < -0.39 is 0 Å². The molecular weight excluding hydrogens is 102 g/mol. The molecule has 0 fully saturated rings. The third-order valence-electron chi connectivity index (χ3n) is 1.07. The SMILES string of the molecule is CC(C)N1C=CNN1. The van der Waals surface area contributed by atoms with E-state index in [4.69, 9.17) is 0 Å². The predicted molar refractivity (Wildman–Crippen MR) is 32.4 cm³/mol. The summed E-state index contributed by atoms with van der Waals surface area (Å²) < 4.78 is 0. The van der Waals surface area contributed by atoms with Gasteiger partial charge < -0.3 is 5.43 Å². The highest BCUT2D eigenvalue weighted by atomic mass is 15.7. The van der Waals surface area contributed by atoms with Crippen LogP contribution in [0, 0.1) is 0 Å². The lowest BCUT2D eigenvalue weighted by Crippen LogP contribution is -2.39. The Bertz CT molecular complexity index is 97.8. The summed E-state index contributed by atoms with van der Waals surface area (Å²) in [6, 6.07) is 0.515. The molecule has 1 aliphatic rings. The van der Waals surface area contributed by atoms with Gasteiger partial charge >= 0.3 is 0 Å². The van der Waals surface area contributed by atoms with Crippen molar-refractivity contribution in [2.24, 2.45) is 0 Å². The average Bonchev–Trinajstić information content (AvgIpc) is 2.12. The Hall–Kier alpha value is -0.700. The highest BCUT2D eigenvalue weighted by Crippen LogP contribution is 1.95. The number of nitrogens with one attached hydrogen (secondary N) is 2. The lowest BCUT2D eigenvalue weighted by molar-refractivity contribution is 0.222. The van der Waals surface area contributed by atoms with Crippen molar-refractivity contribution < 1.29 is 0 Å². The van der Waals surface area contributed by atoms with Gasteiger partial charge in [0.2, 0.25) is 0 Å². The molecule has 46 valence electrons. The van der Waals surface area contributed by atoms with Crippen molar-refractivity contribution in [2.45, 2.75) is 19.9 Å². The molecule has 0 spiro atoms. The van der Waals surface area contributed by atoms with E-state index in [0.29, 0.717) is 6.04 Å². The maximum Gasteiger partial charge on any atom is 0.0410 e. The maximum absolute atomic E-state index is 2.93. The smallest absolute Gasteiger partial charge is 0.0410 e. The average molecular weight is 113 g/mol. The van der Waals surface area contributed by atoms with E-state index in [1.807, 2.05) is 17.4 Å². The van der Waals surface area contributed by atoms with Gasteiger partial charge in [-0.25, -0.2) is 0 Å². The van der Waals surface area contributed by atoms with Crippen LogP contribution in [0.25, 0.3) is 0 Å². The van der Waals surface area contributed by atoms with E-state index in [0.717, 1.165) is 0 Å². The van der Waals surface area contributed by atoms with E-state index in [9.17, 15) is 0 Å². The fraction of sp³-hybridized carbons (Fsp3) is 0.600. The van der Waals surface area contributed by atoms with Crippen LogP contribution < -0.4 is 11.0 Å². The monoisotopic (exact) mass is 113 g/mol. The minimum absolute atomic E-state index is 0.515. The van der Waals surface area contributed by atoms with Crippen molar-refractivity contribution in [3.63, 3.8) is 0 Å². The highest BCUT2D eigenvalue weighted by Gasteiger charge is 2.04. The van der Waals surface area contributed by atoms with Gasteiger partial charge in [0.15, 0.2) is 0 Å². The van der Waals surface area contributed by atoms with Crippen molar-refractivity contribution in [1.29, 1.82) is 0 Å². The van der Waals surface area contributed by atoms with Gasteiger partial charge in [0, 0.05) is 18.4 Å². The molecule has 0 aromatic rings. The number of rotatable bonds is 1. The largest absolute Gasteiger partial charge is 0.310 e. The number of hydrazine groups is 2. The molecule has 1 heterocycles. The first-order chi connectivity index (χ1) is 3.80. The van der Waals surface area contributed by atoms with Crippen molar-refractivity contribution in [3.05, 3.63) is 12.4 Å². The molecule has 1 rings (SSSR count). The first-order valence-electron chi connectivity index (χ1n) is 2.77. The molecule has 0 aliphatic carbocycles. The van der Waals surface area contributed by atoms with E-state index in [1.54, 1.807) is 0 Å². The van der Waals surface area contributed by atoms with E-state index >= 15 is 0 Å². The zero-order chi connectivity index (χ0) is 5.98. The molecule has 3 heteroatoms. The first-order valence-corrected chi connectivity index (χ1v) is 2.77. The summed E-state index contributed by atoms with van der Waals surface area (Å²) in [7, 11) is 0. The maximum atomic E-state index is 2.93. The molecule has 3 nitrogen and oxygen atoms in total. The fourth-order valence-corrected chi connectivity index (χ4v) is 0.568. The Morgan fingerprint density at radius 1 is 1.50 bits per heavy atom. The first kappa shape index (κ1) is 5.44. The normalized spacial score (nSPS) is 17.6. The Morgan fingerprint density at radius 2 is 2.25 bits per heavy atom. The summed E-state index contributed by atoms with van der Waals surface area (Å²) >= 11 is 0. The fourth-order valence-electron chi connectivity index (χ4n) is 0.568. The molecule has 2 N–H and O–H groups in total. The van der Waals surface area contributed by atoms with Crippen LogP contribution in [0.4, 0.5) is 0 Å². The van der Waals surface area contributed by atoms with E-state index in [1.165, 1.54) is 0 Å². The highest BCUT2D eigenvalue weighted by molar-refractivity contribution is 4.83. The van der Waals surface area contributed by atoms with Gasteiger partial charge in [-0.3, -0.25) is 5.01 Å². The van der Waals surface area contributed by atoms with Crippen LogP contribution in [0.15, 0.2) is 12.4 Å². The van der Waals surface area contributed by atoms with E-state index in [2.05, 4.69) is 24.8 Å². The molecule has 0 bridgehead atoms. The minimum atomic E-state index is 0.515. The third kappa shape index (κ3) is 0.924. The van der Waals surface area contributed by atoms with Gasteiger partial charge in [-0.1, -0.05) is 0 Å². The summed E-state index contributed by atoms with van der Waals surface area (Å²) in [6.45, 7) is 4.23. The van der Waals surface area contributed by atoms with Gasteiger partial charge in [0.05, 0.1) is 0 Å². The Balaban J connectivity index is 2.36. The number of hydrogen-bond acceptors (Lipinski definition) is 3. The van der Waals surface area contributed by atoms with Gasteiger partial charge in [-0.2, -0.15) is 0 Å². The standard InChI is InChI=1S/C5H11N3/c1-5(2)8-4-3-6-7-8/h3-7H,1-2H3. The molecule has 0 amide bonds. The van der Waals surface area contributed by atoms with Crippen molar-refractivity contribution >= 4 is 0 Å².